The van der Waals surface area contributed by atoms with Gasteiger partial charge in [0.05, 0.1) is 18.7 Å². The van der Waals surface area contributed by atoms with Crippen molar-refractivity contribution in [3.63, 3.8) is 0 Å². The first-order valence-electron chi connectivity index (χ1n) is 10.5. The molecule has 7 nitrogen and oxygen atoms in total. The summed E-state index contributed by atoms with van der Waals surface area (Å²) in [6.45, 7) is 7.14. The van der Waals surface area contributed by atoms with Crippen molar-refractivity contribution in [2.24, 2.45) is 0 Å². The molecule has 0 radical (unpaired) electrons. The molecule has 0 bridgehead atoms. The van der Waals surface area contributed by atoms with E-state index in [0.717, 1.165) is 60.7 Å². The molecule has 31 heavy (non-hydrogen) atoms. The van der Waals surface area contributed by atoms with Gasteiger partial charge < -0.3 is 20.1 Å². The van der Waals surface area contributed by atoms with Gasteiger partial charge in [-0.25, -0.2) is 0 Å². The molecular formula is C23H28ClN5O2. The van der Waals surface area contributed by atoms with Gasteiger partial charge in [0.2, 0.25) is 0 Å². The molecule has 1 saturated heterocycles. The molecule has 1 fully saturated rings. The number of benzene rings is 2. The quantitative estimate of drug-likeness (QED) is 0.582. The molecule has 3 aromatic rings. The average Bonchev–Trinajstić information content (AvgIpc) is 2.78. The van der Waals surface area contributed by atoms with E-state index >= 15 is 0 Å². The SMILES string of the molecule is COc1ccc(CNc2nnc(N3CCN(CCO)CC3)c3ccc(C)cc23)cc1Cl. The summed E-state index contributed by atoms with van der Waals surface area (Å²) in [4.78, 5) is 4.55. The number of anilines is 2. The maximum absolute atomic E-state index is 9.18. The third-order valence-corrected chi connectivity index (χ3v) is 5.98. The molecule has 0 spiro atoms. The maximum Gasteiger partial charge on any atom is 0.159 e. The third kappa shape index (κ3) is 4.84. The van der Waals surface area contributed by atoms with Crippen LogP contribution in [-0.2, 0) is 6.54 Å². The van der Waals surface area contributed by atoms with Crippen molar-refractivity contribution in [1.29, 1.82) is 0 Å². The van der Waals surface area contributed by atoms with E-state index in [1.54, 1.807) is 7.11 Å². The van der Waals surface area contributed by atoms with Gasteiger partial charge in [0.15, 0.2) is 11.6 Å². The Balaban J connectivity index is 1.57. The highest BCUT2D eigenvalue weighted by atomic mass is 35.5. The summed E-state index contributed by atoms with van der Waals surface area (Å²) in [6.07, 6.45) is 0. The number of aliphatic hydroxyl groups is 1. The normalized spacial score (nSPS) is 14.8. The second kappa shape index (κ2) is 9.68. The zero-order chi connectivity index (χ0) is 21.8. The number of hydrogen-bond donors (Lipinski definition) is 2. The Morgan fingerprint density at radius 1 is 1.06 bits per heavy atom. The van der Waals surface area contributed by atoms with Crippen LogP contribution < -0.4 is 15.0 Å². The van der Waals surface area contributed by atoms with Gasteiger partial charge in [-0.1, -0.05) is 35.4 Å². The fourth-order valence-corrected chi connectivity index (χ4v) is 4.23. The van der Waals surface area contributed by atoms with Crippen molar-refractivity contribution in [2.45, 2.75) is 13.5 Å². The molecule has 1 aromatic heterocycles. The van der Waals surface area contributed by atoms with E-state index in [-0.39, 0.29) is 6.61 Å². The highest BCUT2D eigenvalue weighted by Crippen LogP contribution is 2.31. The molecule has 2 heterocycles. The zero-order valence-corrected chi connectivity index (χ0v) is 18.7. The number of nitrogens with one attached hydrogen (secondary N) is 1. The molecule has 0 saturated carbocycles. The lowest BCUT2D eigenvalue weighted by Gasteiger charge is -2.35. The van der Waals surface area contributed by atoms with Crippen LogP contribution in [0, 0.1) is 6.92 Å². The maximum atomic E-state index is 9.18. The average molecular weight is 442 g/mol. The Labute approximate surface area is 187 Å². The van der Waals surface area contributed by atoms with Crippen molar-refractivity contribution < 1.29 is 9.84 Å². The summed E-state index contributed by atoms with van der Waals surface area (Å²) in [5.74, 6) is 2.33. The lowest BCUT2D eigenvalue weighted by atomic mass is 10.1. The number of aromatic nitrogens is 2. The summed E-state index contributed by atoms with van der Waals surface area (Å²) >= 11 is 6.26. The van der Waals surface area contributed by atoms with Crippen LogP contribution in [0.4, 0.5) is 11.6 Å². The van der Waals surface area contributed by atoms with Gasteiger partial charge in [-0.05, 0) is 30.7 Å². The number of methoxy groups -OCH3 is 1. The number of aryl methyl sites for hydroxylation is 1. The summed E-state index contributed by atoms with van der Waals surface area (Å²) in [7, 11) is 1.61. The number of rotatable bonds is 7. The standard InChI is InChI=1S/C23H28ClN5O2/c1-16-3-5-18-19(13-16)22(25-15-17-4-6-21(31-2)20(24)14-17)26-27-23(18)29-9-7-28(8-10-29)11-12-30/h3-6,13-14,30H,7-12,15H2,1-2H3,(H,25,26). The Morgan fingerprint density at radius 2 is 1.87 bits per heavy atom. The Morgan fingerprint density at radius 3 is 2.58 bits per heavy atom. The monoisotopic (exact) mass is 441 g/mol. The summed E-state index contributed by atoms with van der Waals surface area (Å²) in [5.41, 5.74) is 2.22. The summed E-state index contributed by atoms with van der Waals surface area (Å²) < 4.78 is 5.23. The van der Waals surface area contributed by atoms with Crippen LogP contribution in [0.25, 0.3) is 10.8 Å². The van der Waals surface area contributed by atoms with Gasteiger partial charge >= 0.3 is 0 Å². The molecule has 2 N–H and O–H groups in total. The summed E-state index contributed by atoms with van der Waals surface area (Å²) in [5, 5.41) is 24.5. The second-order valence-electron chi connectivity index (χ2n) is 7.80. The van der Waals surface area contributed by atoms with Crippen LogP contribution in [0.3, 0.4) is 0 Å². The fourth-order valence-electron chi connectivity index (χ4n) is 3.95. The fraction of sp³-hybridized carbons (Fsp3) is 0.391. The van der Waals surface area contributed by atoms with Crippen molar-refractivity contribution in [1.82, 2.24) is 15.1 Å². The molecule has 164 valence electrons. The molecule has 1 aliphatic rings. The van der Waals surface area contributed by atoms with Gasteiger partial charge in [-0.2, -0.15) is 0 Å². The number of fused-ring (bicyclic) bond motifs is 1. The lowest BCUT2D eigenvalue weighted by molar-refractivity contribution is 0.188. The molecule has 0 unspecified atom stereocenters. The van der Waals surface area contributed by atoms with Crippen molar-refractivity contribution >= 4 is 34.0 Å². The number of hydrogen-bond acceptors (Lipinski definition) is 7. The van der Waals surface area contributed by atoms with E-state index in [1.165, 1.54) is 5.56 Å². The molecular weight excluding hydrogens is 414 g/mol. The highest BCUT2D eigenvalue weighted by Gasteiger charge is 2.21. The first-order chi connectivity index (χ1) is 15.1. The van der Waals surface area contributed by atoms with Gasteiger partial charge in [0.1, 0.15) is 5.75 Å². The van der Waals surface area contributed by atoms with E-state index in [9.17, 15) is 5.11 Å². The van der Waals surface area contributed by atoms with Crippen LogP contribution in [-0.4, -0.2) is 66.6 Å². The minimum Gasteiger partial charge on any atom is -0.495 e. The van der Waals surface area contributed by atoms with E-state index in [2.05, 4.69) is 50.4 Å². The molecule has 1 aliphatic heterocycles. The Hall–Kier alpha value is -2.61. The van der Waals surface area contributed by atoms with Crippen LogP contribution in [0.15, 0.2) is 36.4 Å². The molecule has 0 atom stereocenters. The lowest BCUT2D eigenvalue weighted by Crippen LogP contribution is -2.47. The Kier molecular flexibility index (Phi) is 6.75. The van der Waals surface area contributed by atoms with Crippen molar-refractivity contribution in [2.75, 3.05) is 56.7 Å². The number of nitrogens with zero attached hydrogens (tertiary/aromatic N) is 4. The van der Waals surface area contributed by atoms with Crippen LogP contribution in [0.2, 0.25) is 5.02 Å². The molecule has 4 rings (SSSR count). The number of aliphatic hydroxyl groups excluding tert-OH is 1. The van der Waals surface area contributed by atoms with Crippen molar-refractivity contribution in [3.05, 3.63) is 52.5 Å². The molecule has 8 heteroatoms. The predicted molar refractivity (Wildman–Crippen MR) is 125 cm³/mol. The second-order valence-corrected chi connectivity index (χ2v) is 8.20. The zero-order valence-electron chi connectivity index (χ0n) is 17.9. The molecule has 2 aromatic carbocycles. The van der Waals surface area contributed by atoms with E-state index < -0.39 is 0 Å². The largest absolute Gasteiger partial charge is 0.495 e. The Bertz CT molecular complexity index is 1050. The number of piperazine rings is 1. The van der Waals surface area contributed by atoms with Crippen LogP contribution in [0.1, 0.15) is 11.1 Å². The predicted octanol–water partition coefficient (Wildman–Crippen LogP) is 3.33. The minimum atomic E-state index is 0.196. The first-order valence-corrected chi connectivity index (χ1v) is 10.9. The number of β-amino-alcohol motifs (C(OH)–C–C–N with tert-alkyl or cyclic N) is 1. The highest BCUT2D eigenvalue weighted by molar-refractivity contribution is 6.32. The van der Waals surface area contributed by atoms with Gasteiger partial charge in [0, 0.05) is 50.0 Å². The first kappa shape index (κ1) is 21.6. The molecule has 0 amide bonds. The van der Waals surface area contributed by atoms with Gasteiger partial charge in [0.25, 0.3) is 0 Å². The number of halogens is 1. The van der Waals surface area contributed by atoms with E-state index in [4.69, 9.17) is 16.3 Å². The van der Waals surface area contributed by atoms with Crippen LogP contribution >= 0.6 is 11.6 Å². The van der Waals surface area contributed by atoms with Gasteiger partial charge in [-0.3, -0.25) is 4.90 Å². The summed E-state index contributed by atoms with van der Waals surface area (Å²) in [6, 6.07) is 12.1. The van der Waals surface area contributed by atoms with E-state index in [0.29, 0.717) is 17.3 Å². The minimum absolute atomic E-state index is 0.196. The topological polar surface area (TPSA) is 73.8 Å². The third-order valence-electron chi connectivity index (χ3n) is 5.68. The van der Waals surface area contributed by atoms with E-state index in [1.807, 2.05) is 18.2 Å². The smallest absolute Gasteiger partial charge is 0.159 e. The molecule has 0 aliphatic carbocycles. The van der Waals surface area contributed by atoms with Crippen LogP contribution in [0.5, 0.6) is 5.75 Å². The number of ether oxygens (including phenoxy) is 1. The van der Waals surface area contributed by atoms with Crippen molar-refractivity contribution in [3.8, 4) is 5.75 Å². The van der Waals surface area contributed by atoms with Gasteiger partial charge in [-0.15, -0.1) is 10.2 Å².